The standard InChI is InChI=1S/C17H15Cl2N5OS/c1-2-24-16(14-5-3-4-6-20-14)22-23-17(24)26-10-15(25)21-13-8-11(18)7-12(19)9-13/h3-9H,2,10H2,1H3,(H,21,25). The van der Waals surface area contributed by atoms with E-state index in [0.29, 0.717) is 33.3 Å². The van der Waals surface area contributed by atoms with Crippen molar-refractivity contribution in [3.05, 3.63) is 52.6 Å². The number of benzene rings is 1. The summed E-state index contributed by atoms with van der Waals surface area (Å²) in [5.41, 5.74) is 1.30. The maximum Gasteiger partial charge on any atom is 0.234 e. The zero-order valence-corrected chi connectivity index (χ0v) is 16.1. The molecule has 0 spiro atoms. The summed E-state index contributed by atoms with van der Waals surface area (Å²) in [5.74, 6) is 0.681. The summed E-state index contributed by atoms with van der Waals surface area (Å²) < 4.78 is 1.93. The molecule has 1 N–H and O–H groups in total. The molecule has 0 fully saturated rings. The average molecular weight is 408 g/mol. The first kappa shape index (κ1) is 18.7. The van der Waals surface area contributed by atoms with E-state index in [1.165, 1.54) is 11.8 Å². The van der Waals surface area contributed by atoms with Crippen LogP contribution >= 0.6 is 35.0 Å². The quantitative estimate of drug-likeness (QED) is 0.613. The van der Waals surface area contributed by atoms with Gasteiger partial charge in [-0.05, 0) is 37.3 Å². The predicted octanol–water partition coefficient (Wildman–Crippen LogP) is 4.40. The first-order valence-electron chi connectivity index (χ1n) is 7.80. The van der Waals surface area contributed by atoms with Gasteiger partial charge < -0.3 is 9.88 Å². The van der Waals surface area contributed by atoms with Crippen molar-refractivity contribution in [3.63, 3.8) is 0 Å². The number of aromatic nitrogens is 4. The molecule has 3 aromatic rings. The molecule has 0 bridgehead atoms. The van der Waals surface area contributed by atoms with Crippen LogP contribution in [0.25, 0.3) is 11.5 Å². The summed E-state index contributed by atoms with van der Waals surface area (Å²) in [5, 5.41) is 12.7. The van der Waals surface area contributed by atoms with Gasteiger partial charge in [0.1, 0.15) is 5.69 Å². The molecule has 0 unspecified atom stereocenters. The van der Waals surface area contributed by atoms with Crippen LogP contribution in [0.15, 0.2) is 47.8 Å². The van der Waals surface area contributed by atoms with Gasteiger partial charge in [0.05, 0.1) is 5.75 Å². The minimum absolute atomic E-state index is 0.182. The first-order valence-corrected chi connectivity index (χ1v) is 9.54. The van der Waals surface area contributed by atoms with Gasteiger partial charge in [0.15, 0.2) is 11.0 Å². The van der Waals surface area contributed by atoms with E-state index in [9.17, 15) is 4.79 Å². The molecule has 2 heterocycles. The summed E-state index contributed by atoms with van der Waals surface area (Å²) in [6.07, 6.45) is 1.71. The molecule has 0 saturated heterocycles. The predicted molar refractivity (Wildman–Crippen MR) is 105 cm³/mol. The van der Waals surface area contributed by atoms with Gasteiger partial charge in [-0.3, -0.25) is 9.78 Å². The number of halogens is 2. The van der Waals surface area contributed by atoms with Gasteiger partial charge in [-0.15, -0.1) is 10.2 Å². The SMILES string of the molecule is CCn1c(SCC(=O)Nc2cc(Cl)cc(Cl)c2)nnc1-c1ccccn1. The van der Waals surface area contributed by atoms with Crippen molar-refractivity contribution >= 4 is 46.6 Å². The van der Waals surface area contributed by atoms with Gasteiger partial charge in [0.2, 0.25) is 5.91 Å². The Morgan fingerprint density at radius 1 is 1.19 bits per heavy atom. The maximum atomic E-state index is 12.2. The molecule has 1 aromatic carbocycles. The fraction of sp³-hybridized carbons (Fsp3) is 0.176. The number of amides is 1. The molecule has 134 valence electrons. The Balaban J connectivity index is 1.68. The number of rotatable bonds is 6. The fourth-order valence-electron chi connectivity index (χ4n) is 2.32. The van der Waals surface area contributed by atoms with Gasteiger partial charge in [-0.2, -0.15) is 0 Å². The van der Waals surface area contributed by atoms with E-state index in [1.807, 2.05) is 29.7 Å². The lowest BCUT2D eigenvalue weighted by Crippen LogP contribution is -2.14. The number of hydrogen-bond acceptors (Lipinski definition) is 5. The summed E-state index contributed by atoms with van der Waals surface area (Å²) >= 11 is 13.2. The summed E-state index contributed by atoms with van der Waals surface area (Å²) in [6, 6.07) is 10.5. The van der Waals surface area contributed by atoms with Crippen molar-refractivity contribution in [3.8, 4) is 11.5 Å². The van der Waals surface area contributed by atoms with Gasteiger partial charge in [0.25, 0.3) is 0 Å². The molecule has 0 aliphatic carbocycles. The summed E-state index contributed by atoms with van der Waals surface area (Å²) in [6.45, 7) is 2.67. The van der Waals surface area contributed by atoms with Crippen LogP contribution in [0.1, 0.15) is 6.92 Å². The number of carbonyl (C=O) groups is 1. The summed E-state index contributed by atoms with van der Waals surface area (Å²) in [4.78, 5) is 16.5. The second-order valence-electron chi connectivity index (χ2n) is 5.26. The van der Waals surface area contributed by atoms with E-state index in [4.69, 9.17) is 23.2 Å². The van der Waals surface area contributed by atoms with Crippen LogP contribution in [-0.2, 0) is 11.3 Å². The third-order valence-corrected chi connectivity index (χ3v) is 4.81. The fourth-order valence-corrected chi connectivity index (χ4v) is 3.65. The Bertz CT molecular complexity index is 897. The van der Waals surface area contributed by atoms with E-state index in [2.05, 4.69) is 20.5 Å². The third kappa shape index (κ3) is 4.55. The molecule has 0 saturated carbocycles. The zero-order valence-electron chi connectivity index (χ0n) is 13.8. The van der Waals surface area contributed by atoms with Crippen molar-refractivity contribution in [2.24, 2.45) is 0 Å². The number of hydrogen-bond donors (Lipinski definition) is 1. The lowest BCUT2D eigenvalue weighted by molar-refractivity contribution is -0.113. The average Bonchev–Trinajstić information content (AvgIpc) is 3.02. The molecule has 9 heteroatoms. The molecule has 2 aromatic heterocycles. The molecule has 6 nitrogen and oxygen atoms in total. The topological polar surface area (TPSA) is 72.7 Å². The molecule has 26 heavy (non-hydrogen) atoms. The van der Waals surface area contributed by atoms with E-state index in [1.54, 1.807) is 24.4 Å². The smallest absolute Gasteiger partial charge is 0.234 e. The van der Waals surface area contributed by atoms with Gasteiger partial charge in [-0.25, -0.2) is 0 Å². The lowest BCUT2D eigenvalue weighted by atomic mass is 10.3. The molecule has 0 radical (unpaired) electrons. The van der Waals surface area contributed by atoms with Crippen LogP contribution in [0.4, 0.5) is 5.69 Å². The van der Waals surface area contributed by atoms with E-state index in [0.717, 1.165) is 5.69 Å². The second-order valence-corrected chi connectivity index (χ2v) is 7.08. The largest absolute Gasteiger partial charge is 0.325 e. The highest BCUT2D eigenvalue weighted by Gasteiger charge is 2.15. The van der Waals surface area contributed by atoms with Crippen LogP contribution in [0.2, 0.25) is 10.0 Å². The van der Waals surface area contributed by atoms with Gasteiger partial charge in [0, 0.05) is 28.5 Å². The van der Waals surface area contributed by atoms with Crippen LogP contribution in [0, 0.1) is 0 Å². The molecular weight excluding hydrogens is 393 g/mol. The van der Waals surface area contributed by atoms with Crippen LogP contribution in [-0.4, -0.2) is 31.4 Å². The highest BCUT2D eigenvalue weighted by atomic mass is 35.5. The minimum atomic E-state index is -0.182. The highest BCUT2D eigenvalue weighted by Crippen LogP contribution is 2.24. The Labute approximate surface area is 164 Å². The molecule has 0 atom stereocenters. The highest BCUT2D eigenvalue weighted by molar-refractivity contribution is 7.99. The Morgan fingerprint density at radius 2 is 1.96 bits per heavy atom. The van der Waals surface area contributed by atoms with E-state index in [-0.39, 0.29) is 11.7 Å². The molecule has 1 amide bonds. The molecular formula is C17H15Cl2N5OS. The van der Waals surface area contributed by atoms with Gasteiger partial charge >= 0.3 is 0 Å². The number of carbonyl (C=O) groups excluding carboxylic acids is 1. The Kier molecular flexibility index (Phi) is 6.13. The molecule has 0 aliphatic heterocycles. The summed E-state index contributed by atoms with van der Waals surface area (Å²) in [7, 11) is 0. The Hall–Kier alpha value is -2.09. The lowest BCUT2D eigenvalue weighted by Gasteiger charge is -2.08. The number of nitrogens with one attached hydrogen (secondary N) is 1. The number of thioether (sulfide) groups is 1. The minimum Gasteiger partial charge on any atom is -0.325 e. The van der Waals surface area contributed by atoms with Crippen molar-refractivity contribution < 1.29 is 4.79 Å². The van der Waals surface area contributed by atoms with Crippen molar-refractivity contribution in [1.82, 2.24) is 19.7 Å². The second kappa shape index (κ2) is 8.53. The van der Waals surface area contributed by atoms with Crippen LogP contribution in [0.5, 0.6) is 0 Å². The van der Waals surface area contributed by atoms with Crippen LogP contribution < -0.4 is 5.32 Å². The van der Waals surface area contributed by atoms with E-state index >= 15 is 0 Å². The molecule has 0 aliphatic rings. The van der Waals surface area contributed by atoms with Crippen molar-refractivity contribution in [1.29, 1.82) is 0 Å². The van der Waals surface area contributed by atoms with E-state index < -0.39 is 0 Å². The molecule has 3 rings (SSSR count). The number of pyridine rings is 1. The van der Waals surface area contributed by atoms with Crippen molar-refractivity contribution in [2.45, 2.75) is 18.6 Å². The number of anilines is 1. The van der Waals surface area contributed by atoms with Crippen LogP contribution in [0.3, 0.4) is 0 Å². The maximum absolute atomic E-state index is 12.2. The third-order valence-electron chi connectivity index (χ3n) is 3.41. The number of nitrogens with zero attached hydrogens (tertiary/aromatic N) is 4. The van der Waals surface area contributed by atoms with Crippen molar-refractivity contribution in [2.75, 3.05) is 11.1 Å². The Morgan fingerprint density at radius 3 is 2.62 bits per heavy atom. The monoisotopic (exact) mass is 407 g/mol. The van der Waals surface area contributed by atoms with Gasteiger partial charge in [-0.1, -0.05) is 41.0 Å². The first-order chi connectivity index (χ1) is 12.6. The normalized spacial score (nSPS) is 10.7. The zero-order chi connectivity index (χ0) is 18.5.